The van der Waals surface area contributed by atoms with Crippen molar-refractivity contribution in [3.8, 4) is 0 Å². The Labute approximate surface area is 186 Å². The Hall–Kier alpha value is -3.17. The average Bonchev–Trinajstić information content (AvgIpc) is 3.37. The zero-order valence-corrected chi connectivity index (χ0v) is 18.8. The Bertz CT molecular complexity index is 1250. The molecule has 0 bridgehead atoms. The summed E-state index contributed by atoms with van der Waals surface area (Å²) in [4.78, 5) is 41.9. The minimum atomic E-state index is -0.391. The number of aryl methyl sites for hydroxylation is 1. The molecule has 0 saturated heterocycles. The van der Waals surface area contributed by atoms with Gasteiger partial charge >= 0.3 is 11.9 Å². The Balaban J connectivity index is 0.000000176. The second-order valence-electron chi connectivity index (χ2n) is 6.31. The van der Waals surface area contributed by atoms with E-state index in [0.717, 1.165) is 26.8 Å². The highest BCUT2D eigenvalue weighted by Gasteiger charge is 2.11. The van der Waals surface area contributed by atoms with Crippen molar-refractivity contribution in [2.45, 2.75) is 20.8 Å². The van der Waals surface area contributed by atoms with Gasteiger partial charge in [0.15, 0.2) is 6.29 Å². The Morgan fingerprint density at radius 1 is 0.903 bits per heavy atom. The van der Waals surface area contributed by atoms with Crippen LogP contribution in [0.15, 0.2) is 35.3 Å². The van der Waals surface area contributed by atoms with Gasteiger partial charge in [0.25, 0.3) is 0 Å². The highest BCUT2D eigenvalue weighted by molar-refractivity contribution is 7.17. The number of ether oxygens (including phenoxy) is 2. The molecule has 4 rings (SSSR count). The molecule has 7 nitrogen and oxygen atoms in total. The summed E-state index contributed by atoms with van der Waals surface area (Å²) in [7, 11) is 0. The van der Waals surface area contributed by atoms with E-state index in [4.69, 9.17) is 9.47 Å². The summed E-state index contributed by atoms with van der Waals surface area (Å²) in [6, 6.07) is 3.52. The largest absolute Gasteiger partial charge is 0.462 e. The maximum Gasteiger partial charge on any atom is 0.339 e. The molecule has 0 unspecified atom stereocenters. The molecule has 4 aromatic heterocycles. The number of hydrogen-bond acceptors (Lipinski definition) is 9. The third-order valence-electron chi connectivity index (χ3n) is 4.18. The molecule has 4 heterocycles. The number of fused-ring (bicyclic) bond motifs is 2. The van der Waals surface area contributed by atoms with E-state index in [1.807, 2.05) is 18.4 Å². The number of thiophene rings is 2. The van der Waals surface area contributed by atoms with E-state index in [1.165, 1.54) is 17.5 Å². The first-order valence-electron chi connectivity index (χ1n) is 9.49. The first kappa shape index (κ1) is 22.5. The fraction of sp³-hybridized carbons (Fsp3) is 0.227. The predicted octanol–water partition coefficient (Wildman–Crippen LogP) is 5.07. The summed E-state index contributed by atoms with van der Waals surface area (Å²) in [5.41, 5.74) is 4.22. The predicted molar refractivity (Wildman–Crippen MR) is 121 cm³/mol. The van der Waals surface area contributed by atoms with Crippen LogP contribution in [-0.4, -0.2) is 41.4 Å². The summed E-state index contributed by atoms with van der Waals surface area (Å²) in [6.07, 6.45) is 3.76. The molecule has 0 fully saturated rings. The highest BCUT2D eigenvalue weighted by Crippen LogP contribution is 2.25. The van der Waals surface area contributed by atoms with Crippen LogP contribution in [0.5, 0.6) is 0 Å². The third kappa shape index (κ3) is 5.12. The Morgan fingerprint density at radius 3 is 1.97 bits per heavy atom. The zero-order chi connectivity index (χ0) is 22.4. The van der Waals surface area contributed by atoms with Crippen LogP contribution >= 0.6 is 22.7 Å². The minimum absolute atomic E-state index is 0.307. The van der Waals surface area contributed by atoms with Crippen molar-refractivity contribution in [1.82, 2.24) is 9.97 Å². The van der Waals surface area contributed by atoms with Crippen molar-refractivity contribution in [2.24, 2.45) is 0 Å². The van der Waals surface area contributed by atoms with E-state index in [2.05, 4.69) is 9.97 Å². The second kappa shape index (κ2) is 10.2. The number of nitrogens with zero attached hydrogens (tertiary/aromatic N) is 2. The van der Waals surface area contributed by atoms with E-state index in [0.29, 0.717) is 35.4 Å². The lowest BCUT2D eigenvalue weighted by Gasteiger charge is -2.00. The van der Waals surface area contributed by atoms with Crippen molar-refractivity contribution in [1.29, 1.82) is 0 Å². The van der Waals surface area contributed by atoms with Gasteiger partial charge in [-0.05, 0) is 43.8 Å². The molecule has 0 spiro atoms. The molecule has 0 aliphatic carbocycles. The molecule has 0 aromatic carbocycles. The lowest BCUT2D eigenvalue weighted by atomic mass is 10.2. The van der Waals surface area contributed by atoms with Gasteiger partial charge < -0.3 is 9.47 Å². The summed E-state index contributed by atoms with van der Waals surface area (Å²) in [5, 5.41) is 3.76. The molecule has 0 atom stereocenters. The van der Waals surface area contributed by atoms with Crippen molar-refractivity contribution >= 4 is 61.3 Å². The monoisotopic (exact) mass is 456 g/mol. The van der Waals surface area contributed by atoms with Crippen LogP contribution in [0.2, 0.25) is 0 Å². The van der Waals surface area contributed by atoms with Gasteiger partial charge in [0.2, 0.25) is 0 Å². The third-order valence-corrected chi connectivity index (χ3v) is 6.15. The van der Waals surface area contributed by atoms with Gasteiger partial charge in [-0.15, -0.1) is 22.7 Å². The SMILES string of the molecule is CCOC(=O)c1cnc2c(C)csc2c1.CCOC(=O)c1cnc2c(C=O)csc2c1. The van der Waals surface area contributed by atoms with Crippen molar-refractivity contribution < 1.29 is 23.9 Å². The summed E-state index contributed by atoms with van der Waals surface area (Å²) in [6.45, 7) is 6.27. The first-order valence-corrected chi connectivity index (χ1v) is 11.2. The molecule has 0 saturated carbocycles. The minimum Gasteiger partial charge on any atom is -0.462 e. The highest BCUT2D eigenvalue weighted by atomic mass is 32.1. The number of esters is 2. The molecule has 0 amide bonds. The molecule has 0 aliphatic heterocycles. The quantitative estimate of drug-likeness (QED) is 0.306. The van der Waals surface area contributed by atoms with Crippen LogP contribution in [0.25, 0.3) is 20.4 Å². The van der Waals surface area contributed by atoms with E-state index in [9.17, 15) is 14.4 Å². The van der Waals surface area contributed by atoms with Crippen LogP contribution in [-0.2, 0) is 9.47 Å². The lowest BCUT2D eigenvalue weighted by Crippen LogP contribution is -2.04. The van der Waals surface area contributed by atoms with E-state index < -0.39 is 5.97 Å². The van der Waals surface area contributed by atoms with E-state index >= 15 is 0 Å². The summed E-state index contributed by atoms with van der Waals surface area (Å²) >= 11 is 2.98. The number of carbonyl (C=O) groups excluding carboxylic acids is 3. The zero-order valence-electron chi connectivity index (χ0n) is 17.2. The van der Waals surface area contributed by atoms with Gasteiger partial charge in [-0.2, -0.15) is 0 Å². The van der Waals surface area contributed by atoms with Crippen molar-refractivity contribution in [2.75, 3.05) is 13.2 Å². The van der Waals surface area contributed by atoms with Gasteiger partial charge in [0.05, 0.1) is 50.3 Å². The molecule has 31 heavy (non-hydrogen) atoms. The van der Waals surface area contributed by atoms with E-state index in [-0.39, 0.29) is 5.97 Å². The first-order chi connectivity index (χ1) is 15.0. The van der Waals surface area contributed by atoms with Crippen molar-refractivity contribution in [3.05, 3.63) is 57.5 Å². The number of rotatable bonds is 5. The number of hydrogen-bond donors (Lipinski definition) is 0. The van der Waals surface area contributed by atoms with Crippen LogP contribution in [0.3, 0.4) is 0 Å². The fourth-order valence-electron chi connectivity index (χ4n) is 2.71. The van der Waals surface area contributed by atoms with Crippen LogP contribution in [0.4, 0.5) is 0 Å². The maximum absolute atomic E-state index is 11.4. The van der Waals surface area contributed by atoms with Gasteiger partial charge in [0.1, 0.15) is 0 Å². The van der Waals surface area contributed by atoms with Gasteiger partial charge in [-0.3, -0.25) is 14.8 Å². The summed E-state index contributed by atoms with van der Waals surface area (Å²) in [5.74, 6) is -0.698. The van der Waals surface area contributed by atoms with Crippen LogP contribution < -0.4 is 0 Å². The van der Waals surface area contributed by atoms with Crippen LogP contribution in [0, 0.1) is 6.92 Å². The van der Waals surface area contributed by atoms with Gasteiger partial charge in [-0.1, -0.05) is 0 Å². The molecule has 160 valence electrons. The second-order valence-corrected chi connectivity index (χ2v) is 8.13. The number of aldehydes is 1. The Morgan fingerprint density at radius 2 is 1.42 bits per heavy atom. The molecule has 4 aromatic rings. The van der Waals surface area contributed by atoms with Crippen LogP contribution in [0.1, 0.15) is 50.5 Å². The standard InChI is InChI=1S/C11H9NO3S.C11H11NO2S/c1-2-15-11(14)7-3-9-10(12-4-7)8(5-13)6-16-9;1-3-14-11(13)8-4-9-10(12-5-8)7(2)6-15-9/h3-6H,2H2,1H3;4-6H,3H2,1-2H3. The molecule has 9 heteroatoms. The number of pyridine rings is 2. The smallest absolute Gasteiger partial charge is 0.339 e. The molecule has 0 N–H and O–H groups in total. The van der Waals surface area contributed by atoms with Crippen molar-refractivity contribution in [3.63, 3.8) is 0 Å². The fourth-order valence-corrected chi connectivity index (χ4v) is 4.54. The molecular weight excluding hydrogens is 436 g/mol. The summed E-state index contributed by atoms with van der Waals surface area (Å²) < 4.78 is 11.6. The van der Waals surface area contributed by atoms with E-state index in [1.54, 1.807) is 42.8 Å². The molecular formula is C22H20N2O5S2. The average molecular weight is 457 g/mol. The Kier molecular flexibility index (Phi) is 7.43. The maximum atomic E-state index is 11.4. The number of carbonyl (C=O) groups is 3. The number of aromatic nitrogens is 2. The topological polar surface area (TPSA) is 95.5 Å². The molecule has 0 aliphatic rings. The molecule has 0 radical (unpaired) electrons. The van der Waals surface area contributed by atoms with Gasteiger partial charge in [0, 0.05) is 17.8 Å². The van der Waals surface area contributed by atoms with Gasteiger partial charge in [-0.25, -0.2) is 9.59 Å². The normalized spacial score (nSPS) is 10.4. The lowest BCUT2D eigenvalue weighted by molar-refractivity contribution is 0.0516.